The van der Waals surface area contributed by atoms with Crippen molar-refractivity contribution in [2.75, 3.05) is 12.4 Å². The molecule has 0 saturated heterocycles. The summed E-state index contributed by atoms with van der Waals surface area (Å²) in [5.74, 6) is -0.244. The number of ether oxygens (including phenoxy) is 2. The number of anilines is 1. The Morgan fingerprint density at radius 1 is 1.32 bits per heavy atom. The molecule has 0 aliphatic carbocycles. The number of esters is 1. The SMILES string of the molecule is COC(=O)CCC(=O)Nc1ccc2c(c1)C(=O)CC(C)(C)O2. The second-order valence-electron chi connectivity index (χ2n) is 5.80. The molecule has 0 fully saturated rings. The van der Waals surface area contributed by atoms with Crippen LogP contribution in [-0.4, -0.2) is 30.4 Å². The molecule has 0 spiro atoms. The summed E-state index contributed by atoms with van der Waals surface area (Å²) < 4.78 is 10.2. The molecule has 0 unspecified atom stereocenters. The van der Waals surface area contributed by atoms with Crippen molar-refractivity contribution in [3.05, 3.63) is 23.8 Å². The summed E-state index contributed by atoms with van der Waals surface area (Å²) in [5.41, 5.74) is 0.449. The van der Waals surface area contributed by atoms with Crippen molar-refractivity contribution in [2.45, 2.75) is 38.7 Å². The number of benzene rings is 1. The summed E-state index contributed by atoms with van der Waals surface area (Å²) in [5, 5.41) is 2.66. The summed E-state index contributed by atoms with van der Waals surface area (Å²) in [6.07, 6.45) is 0.338. The molecule has 1 aliphatic heterocycles. The van der Waals surface area contributed by atoms with E-state index in [2.05, 4.69) is 10.1 Å². The highest BCUT2D eigenvalue weighted by Gasteiger charge is 2.32. The molecule has 0 atom stereocenters. The number of rotatable bonds is 4. The van der Waals surface area contributed by atoms with Crippen molar-refractivity contribution in [3.63, 3.8) is 0 Å². The summed E-state index contributed by atoms with van der Waals surface area (Å²) in [4.78, 5) is 34.9. The number of Topliss-reactive ketones (excluding diaryl/α,β-unsaturated/α-hetero) is 1. The number of ketones is 1. The molecule has 118 valence electrons. The molecule has 0 radical (unpaired) electrons. The van der Waals surface area contributed by atoms with Crippen molar-refractivity contribution in [2.24, 2.45) is 0 Å². The number of carbonyl (C=O) groups is 3. The third-order valence-electron chi connectivity index (χ3n) is 3.32. The Kier molecular flexibility index (Phi) is 4.49. The Balaban J connectivity index is 2.06. The molecule has 0 bridgehead atoms. The van der Waals surface area contributed by atoms with Gasteiger partial charge in [0.2, 0.25) is 5.91 Å². The van der Waals surface area contributed by atoms with E-state index < -0.39 is 11.6 Å². The van der Waals surface area contributed by atoms with Gasteiger partial charge in [0, 0.05) is 12.1 Å². The van der Waals surface area contributed by atoms with Crippen LogP contribution in [0.2, 0.25) is 0 Å². The number of amides is 1. The van der Waals surface area contributed by atoms with Crippen molar-refractivity contribution in [1.82, 2.24) is 0 Å². The first kappa shape index (κ1) is 16.0. The van der Waals surface area contributed by atoms with Gasteiger partial charge in [-0.15, -0.1) is 0 Å². The zero-order chi connectivity index (χ0) is 16.3. The molecule has 1 aliphatic rings. The van der Waals surface area contributed by atoms with Crippen molar-refractivity contribution < 1.29 is 23.9 Å². The van der Waals surface area contributed by atoms with Gasteiger partial charge in [0.1, 0.15) is 11.4 Å². The topological polar surface area (TPSA) is 81.7 Å². The largest absolute Gasteiger partial charge is 0.487 e. The van der Waals surface area contributed by atoms with Crippen LogP contribution in [0.3, 0.4) is 0 Å². The first-order valence-corrected chi connectivity index (χ1v) is 7.04. The van der Waals surface area contributed by atoms with Crippen molar-refractivity contribution in [3.8, 4) is 5.75 Å². The summed E-state index contributed by atoms with van der Waals surface area (Å²) >= 11 is 0. The highest BCUT2D eigenvalue weighted by atomic mass is 16.5. The molecule has 0 saturated carbocycles. The van der Waals surface area contributed by atoms with Crippen molar-refractivity contribution >= 4 is 23.3 Å². The van der Waals surface area contributed by atoms with E-state index in [0.29, 0.717) is 23.4 Å². The van der Waals surface area contributed by atoms with E-state index >= 15 is 0 Å². The number of hydrogen-bond donors (Lipinski definition) is 1. The van der Waals surface area contributed by atoms with Gasteiger partial charge in [0.05, 0.1) is 25.5 Å². The predicted octanol–water partition coefficient (Wildman–Crippen LogP) is 2.32. The standard InChI is InChI=1S/C16H19NO5/c1-16(2)9-12(18)11-8-10(4-5-13(11)22-16)17-14(19)6-7-15(20)21-3/h4-5,8H,6-7,9H2,1-3H3,(H,17,19). The average Bonchev–Trinajstić information content (AvgIpc) is 2.44. The van der Waals surface area contributed by atoms with Gasteiger partial charge in [-0.05, 0) is 32.0 Å². The van der Waals surface area contributed by atoms with Crippen LogP contribution in [0.5, 0.6) is 5.75 Å². The minimum Gasteiger partial charge on any atom is -0.487 e. The fraction of sp³-hybridized carbons (Fsp3) is 0.438. The first-order chi connectivity index (χ1) is 10.3. The lowest BCUT2D eigenvalue weighted by atomic mass is 9.93. The summed E-state index contributed by atoms with van der Waals surface area (Å²) in [7, 11) is 1.27. The number of methoxy groups -OCH3 is 1. The molecule has 1 aromatic rings. The quantitative estimate of drug-likeness (QED) is 0.863. The average molecular weight is 305 g/mol. The number of fused-ring (bicyclic) bond motifs is 1. The van der Waals surface area contributed by atoms with Crippen LogP contribution in [0, 0.1) is 0 Å². The maximum absolute atomic E-state index is 12.1. The second-order valence-corrected chi connectivity index (χ2v) is 5.80. The Morgan fingerprint density at radius 3 is 2.73 bits per heavy atom. The van der Waals surface area contributed by atoms with Gasteiger partial charge in [0.15, 0.2) is 5.78 Å². The van der Waals surface area contributed by atoms with Crippen LogP contribution in [0.15, 0.2) is 18.2 Å². The van der Waals surface area contributed by atoms with Crippen LogP contribution >= 0.6 is 0 Å². The minimum absolute atomic E-state index is 0.0168. The number of nitrogens with one attached hydrogen (secondary N) is 1. The lowest BCUT2D eigenvalue weighted by Crippen LogP contribution is -2.35. The van der Waals surface area contributed by atoms with Gasteiger partial charge in [-0.1, -0.05) is 0 Å². The fourth-order valence-corrected chi connectivity index (χ4v) is 2.27. The van der Waals surface area contributed by atoms with Gasteiger partial charge < -0.3 is 14.8 Å². The third-order valence-corrected chi connectivity index (χ3v) is 3.32. The van der Waals surface area contributed by atoms with E-state index in [4.69, 9.17) is 4.74 Å². The van der Waals surface area contributed by atoms with Gasteiger partial charge in [0.25, 0.3) is 0 Å². The normalized spacial score (nSPS) is 15.5. The molecule has 1 heterocycles. The fourth-order valence-electron chi connectivity index (χ4n) is 2.27. The highest BCUT2D eigenvalue weighted by molar-refractivity contribution is 6.02. The molecule has 1 N–H and O–H groups in total. The maximum atomic E-state index is 12.1. The molecular formula is C16H19NO5. The van der Waals surface area contributed by atoms with Crippen LogP contribution in [0.1, 0.15) is 43.5 Å². The lowest BCUT2D eigenvalue weighted by Gasteiger charge is -2.31. The van der Waals surface area contributed by atoms with E-state index in [9.17, 15) is 14.4 Å². The van der Waals surface area contributed by atoms with Gasteiger partial charge in [-0.3, -0.25) is 14.4 Å². The Labute approximate surface area is 128 Å². The highest BCUT2D eigenvalue weighted by Crippen LogP contribution is 2.34. The van der Waals surface area contributed by atoms with E-state index in [-0.39, 0.29) is 24.5 Å². The van der Waals surface area contributed by atoms with E-state index in [1.807, 2.05) is 13.8 Å². The van der Waals surface area contributed by atoms with Crippen LogP contribution < -0.4 is 10.1 Å². The monoisotopic (exact) mass is 305 g/mol. The van der Waals surface area contributed by atoms with E-state index in [1.165, 1.54) is 7.11 Å². The zero-order valence-corrected chi connectivity index (χ0v) is 12.9. The molecule has 22 heavy (non-hydrogen) atoms. The summed E-state index contributed by atoms with van der Waals surface area (Å²) in [6.45, 7) is 3.71. The molecule has 1 amide bonds. The van der Waals surface area contributed by atoms with Crippen LogP contribution in [0.4, 0.5) is 5.69 Å². The number of hydrogen-bond acceptors (Lipinski definition) is 5. The molecule has 2 rings (SSSR count). The Morgan fingerprint density at radius 2 is 2.05 bits per heavy atom. The Bertz CT molecular complexity index is 621. The molecule has 6 nitrogen and oxygen atoms in total. The van der Waals surface area contributed by atoms with Crippen LogP contribution in [0.25, 0.3) is 0 Å². The van der Waals surface area contributed by atoms with Gasteiger partial charge in [-0.25, -0.2) is 0 Å². The lowest BCUT2D eigenvalue weighted by molar-refractivity contribution is -0.141. The minimum atomic E-state index is -0.518. The number of carbonyl (C=O) groups excluding carboxylic acids is 3. The van der Waals surface area contributed by atoms with E-state index in [0.717, 1.165) is 0 Å². The second kappa shape index (κ2) is 6.17. The predicted molar refractivity (Wildman–Crippen MR) is 80.0 cm³/mol. The molecule has 6 heteroatoms. The van der Waals surface area contributed by atoms with Gasteiger partial charge >= 0.3 is 5.97 Å². The zero-order valence-electron chi connectivity index (χ0n) is 12.9. The molecule has 0 aromatic heterocycles. The first-order valence-electron chi connectivity index (χ1n) is 7.04. The molecule has 1 aromatic carbocycles. The smallest absolute Gasteiger partial charge is 0.306 e. The van der Waals surface area contributed by atoms with Gasteiger partial charge in [-0.2, -0.15) is 0 Å². The Hall–Kier alpha value is -2.37. The molecular weight excluding hydrogens is 286 g/mol. The maximum Gasteiger partial charge on any atom is 0.306 e. The summed E-state index contributed by atoms with van der Waals surface area (Å²) in [6, 6.07) is 4.94. The van der Waals surface area contributed by atoms with Crippen molar-refractivity contribution in [1.29, 1.82) is 0 Å². The van der Waals surface area contributed by atoms with Crippen LogP contribution in [-0.2, 0) is 14.3 Å². The third kappa shape index (κ3) is 3.84. The van der Waals surface area contributed by atoms with E-state index in [1.54, 1.807) is 18.2 Å².